The molecule has 2 rings (SSSR count). The van der Waals surface area contributed by atoms with Crippen molar-refractivity contribution in [3.63, 3.8) is 0 Å². The van der Waals surface area contributed by atoms with E-state index in [0.717, 1.165) is 19.6 Å². The number of carbonyl (C=O) groups is 1. The van der Waals surface area contributed by atoms with Crippen LogP contribution in [0.2, 0.25) is 0 Å². The van der Waals surface area contributed by atoms with Crippen LogP contribution in [0, 0.1) is 5.92 Å². The van der Waals surface area contributed by atoms with Gasteiger partial charge < -0.3 is 10.6 Å². The molecule has 1 atom stereocenters. The van der Waals surface area contributed by atoms with Gasteiger partial charge in [-0.2, -0.15) is 0 Å². The summed E-state index contributed by atoms with van der Waals surface area (Å²) in [6.07, 6.45) is 4.14. The Morgan fingerprint density at radius 2 is 2.47 bits per heavy atom. The zero-order valence-corrected chi connectivity index (χ0v) is 9.98. The van der Waals surface area contributed by atoms with Crippen LogP contribution in [0.3, 0.4) is 0 Å². The SMILES string of the molecule is O=C(CNC[C@H]1CCCNC1)c1ccccn1. The van der Waals surface area contributed by atoms with E-state index < -0.39 is 0 Å². The van der Waals surface area contributed by atoms with E-state index in [1.807, 2.05) is 12.1 Å². The van der Waals surface area contributed by atoms with E-state index in [0.29, 0.717) is 18.2 Å². The number of carbonyl (C=O) groups excluding carboxylic acids is 1. The molecular formula is C13H19N3O. The lowest BCUT2D eigenvalue weighted by Crippen LogP contribution is -2.37. The van der Waals surface area contributed by atoms with Gasteiger partial charge in [0.15, 0.2) is 5.78 Å². The number of ketones is 1. The van der Waals surface area contributed by atoms with Crippen LogP contribution in [0.5, 0.6) is 0 Å². The first-order valence-electron chi connectivity index (χ1n) is 6.22. The molecule has 0 spiro atoms. The van der Waals surface area contributed by atoms with E-state index in [1.54, 1.807) is 12.3 Å². The fraction of sp³-hybridized carbons (Fsp3) is 0.538. The number of nitrogens with one attached hydrogen (secondary N) is 2. The number of Topliss-reactive ketones (excluding diaryl/α,β-unsaturated/α-hetero) is 1. The molecule has 0 bridgehead atoms. The predicted octanol–water partition coefficient (Wildman–Crippen LogP) is 0.853. The van der Waals surface area contributed by atoms with E-state index in [1.165, 1.54) is 12.8 Å². The van der Waals surface area contributed by atoms with E-state index in [9.17, 15) is 4.79 Å². The standard InChI is InChI=1S/C13H19N3O/c17-13(12-5-1-2-7-16-12)10-15-9-11-4-3-6-14-8-11/h1-2,5,7,11,14-15H,3-4,6,8-10H2/t11-/m0/s1. The Balaban J connectivity index is 1.69. The minimum atomic E-state index is 0.0642. The third-order valence-corrected chi connectivity index (χ3v) is 3.07. The number of aromatic nitrogens is 1. The van der Waals surface area contributed by atoms with Crippen molar-refractivity contribution in [2.75, 3.05) is 26.2 Å². The van der Waals surface area contributed by atoms with Crippen molar-refractivity contribution in [1.82, 2.24) is 15.6 Å². The van der Waals surface area contributed by atoms with E-state index in [2.05, 4.69) is 15.6 Å². The van der Waals surface area contributed by atoms with E-state index in [4.69, 9.17) is 0 Å². The average molecular weight is 233 g/mol. The molecule has 0 aromatic carbocycles. The molecule has 2 N–H and O–H groups in total. The second-order valence-corrected chi connectivity index (χ2v) is 4.48. The van der Waals surface area contributed by atoms with Crippen LogP contribution >= 0.6 is 0 Å². The maximum absolute atomic E-state index is 11.7. The third-order valence-electron chi connectivity index (χ3n) is 3.07. The fourth-order valence-electron chi connectivity index (χ4n) is 2.11. The highest BCUT2D eigenvalue weighted by molar-refractivity contribution is 5.95. The van der Waals surface area contributed by atoms with Crippen molar-refractivity contribution in [2.45, 2.75) is 12.8 Å². The monoisotopic (exact) mass is 233 g/mol. The van der Waals surface area contributed by atoms with Gasteiger partial charge in [0.2, 0.25) is 0 Å². The number of pyridine rings is 1. The van der Waals surface area contributed by atoms with Crippen LogP contribution in [0.25, 0.3) is 0 Å². The second-order valence-electron chi connectivity index (χ2n) is 4.48. The lowest BCUT2D eigenvalue weighted by atomic mass is 10.00. The number of hydrogen-bond donors (Lipinski definition) is 2. The Morgan fingerprint density at radius 1 is 1.53 bits per heavy atom. The third kappa shape index (κ3) is 3.91. The number of rotatable bonds is 5. The van der Waals surface area contributed by atoms with Crippen molar-refractivity contribution in [3.8, 4) is 0 Å². The van der Waals surface area contributed by atoms with Gasteiger partial charge in [0.25, 0.3) is 0 Å². The minimum absolute atomic E-state index is 0.0642. The average Bonchev–Trinajstić information content (AvgIpc) is 2.41. The quantitative estimate of drug-likeness (QED) is 0.740. The maximum Gasteiger partial charge on any atom is 0.194 e. The molecule has 17 heavy (non-hydrogen) atoms. The zero-order chi connectivity index (χ0) is 11.9. The van der Waals surface area contributed by atoms with Crippen LogP contribution < -0.4 is 10.6 Å². The summed E-state index contributed by atoms with van der Waals surface area (Å²) in [5.74, 6) is 0.717. The molecule has 1 aliphatic heterocycles. The summed E-state index contributed by atoms with van der Waals surface area (Å²) < 4.78 is 0. The zero-order valence-electron chi connectivity index (χ0n) is 9.98. The van der Waals surface area contributed by atoms with E-state index in [-0.39, 0.29) is 5.78 Å². The summed E-state index contributed by atoms with van der Waals surface area (Å²) in [7, 11) is 0. The summed E-state index contributed by atoms with van der Waals surface area (Å²) in [6.45, 7) is 3.48. The molecule has 92 valence electrons. The molecular weight excluding hydrogens is 214 g/mol. The highest BCUT2D eigenvalue weighted by Crippen LogP contribution is 2.08. The highest BCUT2D eigenvalue weighted by Gasteiger charge is 2.13. The predicted molar refractivity (Wildman–Crippen MR) is 67.0 cm³/mol. The number of piperidine rings is 1. The first-order valence-corrected chi connectivity index (χ1v) is 6.22. The van der Waals surface area contributed by atoms with Crippen LogP contribution in [0.15, 0.2) is 24.4 Å². The largest absolute Gasteiger partial charge is 0.316 e. The Labute approximate surface area is 102 Å². The van der Waals surface area contributed by atoms with Crippen molar-refractivity contribution in [2.24, 2.45) is 5.92 Å². The highest BCUT2D eigenvalue weighted by atomic mass is 16.1. The molecule has 4 heteroatoms. The van der Waals surface area contributed by atoms with Gasteiger partial charge in [0.05, 0.1) is 6.54 Å². The minimum Gasteiger partial charge on any atom is -0.316 e. The molecule has 4 nitrogen and oxygen atoms in total. The van der Waals surface area contributed by atoms with Crippen molar-refractivity contribution < 1.29 is 4.79 Å². The Morgan fingerprint density at radius 3 is 3.18 bits per heavy atom. The molecule has 0 saturated carbocycles. The summed E-state index contributed by atoms with van der Waals surface area (Å²) in [6, 6.07) is 5.41. The Hall–Kier alpha value is -1.26. The van der Waals surface area contributed by atoms with Crippen LogP contribution in [-0.2, 0) is 0 Å². The number of nitrogens with zero attached hydrogens (tertiary/aromatic N) is 1. The van der Waals surface area contributed by atoms with Gasteiger partial charge in [-0.1, -0.05) is 6.07 Å². The topological polar surface area (TPSA) is 54.0 Å². The van der Waals surface area contributed by atoms with Crippen molar-refractivity contribution in [3.05, 3.63) is 30.1 Å². The lowest BCUT2D eigenvalue weighted by Gasteiger charge is -2.22. The van der Waals surface area contributed by atoms with Gasteiger partial charge in [-0.15, -0.1) is 0 Å². The molecule has 1 aromatic heterocycles. The lowest BCUT2D eigenvalue weighted by molar-refractivity contribution is 0.0984. The molecule has 0 aliphatic carbocycles. The van der Waals surface area contributed by atoms with Gasteiger partial charge in [0.1, 0.15) is 5.69 Å². The van der Waals surface area contributed by atoms with Gasteiger partial charge in [-0.05, 0) is 50.5 Å². The molecule has 1 fully saturated rings. The van der Waals surface area contributed by atoms with Crippen molar-refractivity contribution in [1.29, 1.82) is 0 Å². The van der Waals surface area contributed by atoms with Gasteiger partial charge in [-0.25, -0.2) is 0 Å². The molecule has 2 heterocycles. The molecule has 0 radical (unpaired) electrons. The molecule has 0 amide bonds. The first kappa shape index (κ1) is 12.2. The first-order chi connectivity index (χ1) is 8.36. The molecule has 1 aliphatic rings. The van der Waals surface area contributed by atoms with Crippen LogP contribution in [0.1, 0.15) is 23.3 Å². The second kappa shape index (κ2) is 6.47. The van der Waals surface area contributed by atoms with Gasteiger partial charge in [0, 0.05) is 6.20 Å². The Kier molecular flexibility index (Phi) is 4.64. The Bertz CT molecular complexity index is 347. The van der Waals surface area contributed by atoms with Crippen LogP contribution in [0.4, 0.5) is 0 Å². The number of hydrogen-bond acceptors (Lipinski definition) is 4. The molecule has 0 unspecified atom stereocenters. The summed E-state index contributed by atoms with van der Waals surface area (Å²) in [5.41, 5.74) is 0.543. The summed E-state index contributed by atoms with van der Waals surface area (Å²) >= 11 is 0. The van der Waals surface area contributed by atoms with Gasteiger partial charge in [-0.3, -0.25) is 9.78 Å². The summed E-state index contributed by atoms with van der Waals surface area (Å²) in [5, 5.41) is 6.59. The van der Waals surface area contributed by atoms with Crippen molar-refractivity contribution >= 4 is 5.78 Å². The van der Waals surface area contributed by atoms with E-state index >= 15 is 0 Å². The van der Waals surface area contributed by atoms with Gasteiger partial charge >= 0.3 is 0 Å². The molecule has 1 aromatic rings. The normalized spacial score (nSPS) is 20.1. The molecule has 1 saturated heterocycles. The smallest absolute Gasteiger partial charge is 0.194 e. The maximum atomic E-state index is 11.7. The van der Waals surface area contributed by atoms with Crippen LogP contribution in [-0.4, -0.2) is 36.9 Å². The summed E-state index contributed by atoms with van der Waals surface area (Å²) in [4.78, 5) is 15.8. The fourth-order valence-corrected chi connectivity index (χ4v) is 2.11.